The van der Waals surface area contributed by atoms with Crippen LogP contribution in [-0.4, -0.2) is 24.5 Å². The molecule has 0 aliphatic carbocycles. The third kappa shape index (κ3) is 5.70. The second-order valence-electron chi connectivity index (χ2n) is 8.01. The standard InChI is InChI=1S/C26H29ClN2/c27-26-12-5-4-10-25(26)20-29-15-13-21(14-16-29)18-28-19-22-7-6-11-24(17-22)23-8-2-1-3-9-23/h1-12,17,21,28H,13-16,18-20H2. The fourth-order valence-electron chi connectivity index (χ4n) is 4.13. The molecule has 3 heteroatoms. The van der Waals surface area contributed by atoms with Gasteiger partial charge in [-0.05, 0) is 72.8 Å². The van der Waals surface area contributed by atoms with Gasteiger partial charge in [0.25, 0.3) is 0 Å². The van der Waals surface area contributed by atoms with Crippen molar-refractivity contribution in [1.82, 2.24) is 10.2 Å². The first-order valence-corrected chi connectivity index (χ1v) is 11.0. The maximum absolute atomic E-state index is 6.31. The second-order valence-corrected chi connectivity index (χ2v) is 8.42. The summed E-state index contributed by atoms with van der Waals surface area (Å²) < 4.78 is 0. The molecule has 29 heavy (non-hydrogen) atoms. The minimum atomic E-state index is 0.759. The molecule has 3 aromatic carbocycles. The van der Waals surface area contributed by atoms with Crippen LogP contribution in [0.25, 0.3) is 11.1 Å². The summed E-state index contributed by atoms with van der Waals surface area (Å²) in [6.07, 6.45) is 2.50. The first kappa shape index (κ1) is 20.2. The van der Waals surface area contributed by atoms with Crippen LogP contribution in [0.15, 0.2) is 78.9 Å². The fraction of sp³-hybridized carbons (Fsp3) is 0.308. The van der Waals surface area contributed by atoms with Gasteiger partial charge in [0.05, 0.1) is 0 Å². The third-order valence-electron chi connectivity index (χ3n) is 5.86. The van der Waals surface area contributed by atoms with E-state index in [4.69, 9.17) is 11.6 Å². The summed E-state index contributed by atoms with van der Waals surface area (Å²) in [6.45, 7) is 5.30. The SMILES string of the molecule is Clc1ccccc1CN1CCC(CNCc2cccc(-c3ccccc3)c2)CC1. The van der Waals surface area contributed by atoms with Gasteiger partial charge in [-0.15, -0.1) is 0 Å². The maximum Gasteiger partial charge on any atom is 0.0451 e. The Bertz CT molecular complexity index is 901. The summed E-state index contributed by atoms with van der Waals surface area (Å²) in [6, 6.07) is 27.7. The average molecular weight is 405 g/mol. The Kier molecular flexibility index (Phi) is 7.00. The molecule has 1 aliphatic rings. The molecule has 0 spiro atoms. The summed E-state index contributed by atoms with van der Waals surface area (Å²) in [5, 5.41) is 4.57. The predicted molar refractivity (Wildman–Crippen MR) is 123 cm³/mol. The van der Waals surface area contributed by atoms with Crippen molar-refractivity contribution in [3.05, 3.63) is 95.0 Å². The Balaban J connectivity index is 1.22. The van der Waals surface area contributed by atoms with E-state index in [1.54, 1.807) is 0 Å². The Labute approximate surface area is 179 Å². The largest absolute Gasteiger partial charge is 0.312 e. The number of benzene rings is 3. The molecule has 1 fully saturated rings. The molecule has 1 N–H and O–H groups in total. The third-order valence-corrected chi connectivity index (χ3v) is 6.22. The molecule has 0 amide bonds. The molecule has 0 saturated carbocycles. The molecule has 0 radical (unpaired) electrons. The molecule has 1 heterocycles. The molecule has 0 bridgehead atoms. The highest BCUT2D eigenvalue weighted by atomic mass is 35.5. The number of hydrogen-bond acceptors (Lipinski definition) is 2. The van der Waals surface area contributed by atoms with E-state index >= 15 is 0 Å². The van der Waals surface area contributed by atoms with E-state index in [1.807, 2.05) is 12.1 Å². The van der Waals surface area contributed by atoms with E-state index in [0.717, 1.165) is 43.7 Å². The lowest BCUT2D eigenvalue weighted by Crippen LogP contribution is -2.36. The number of nitrogens with one attached hydrogen (secondary N) is 1. The van der Waals surface area contributed by atoms with Gasteiger partial charge in [0, 0.05) is 18.1 Å². The highest BCUT2D eigenvalue weighted by Gasteiger charge is 2.19. The first-order chi connectivity index (χ1) is 14.3. The van der Waals surface area contributed by atoms with Gasteiger partial charge in [0.15, 0.2) is 0 Å². The van der Waals surface area contributed by atoms with E-state index < -0.39 is 0 Å². The summed E-state index contributed by atoms with van der Waals surface area (Å²) in [5.41, 5.74) is 5.16. The summed E-state index contributed by atoms with van der Waals surface area (Å²) >= 11 is 6.31. The molecule has 0 unspecified atom stereocenters. The maximum atomic E-state index is 6.31. The summed E-state index contributed by atoms with van der Waals surface area (Å²) in [7, 11) is 0. The molecule has 2 nitrogen and oxygen atoms in total. The van der Waals surface area contributed by atoms with Crippen LogP contribution in [0.4, 0.5) is 0 Å². The molecule has 1 saturated heterocycles. The lowest BCUT2D eigenvalue weighted by Gasteiger charge is -2.32. The molecule has 4 rings (SSSR count). The van der Waals surface area contributed by atoms with Crippen molar-refractivity contribution in [3.63, 3.8) is 0 Å². The molecule has 1 aliphatic heterocycles. The topological polar surface area (TPSA) is 15.3 Å². The average Bonchev–Trinajstić information content (AvgIpc) is 2.77. The van der Waals surface area contributed by atoms with Crippen molar-refractivity contribution in [3.8, 4) is 11.1 Å². The van der Waals surface area contributed by atoms with E-state index in [1.165, 1.54) is 35.1 Å². The van der Waals surface area contributed by atoms with E-state index in [9.17, 15) is 0 Å². The van der Waals surface area contributed by atoms with Crippen molar-refractivity contribution in [2.24, 2.45) is 5.92 Å². The molecule has 150 valence electrons. The number of piperidine rings is 1. The lowest BCUT2D eigenvalue weighted by molar-refractivity contribution is 0.175. The van der Waals surface area contributed by atoms with Gasteiger partial charge in [0.2, 0.25) is 0 Å². The highest BCUT2D eigenvalue weighted by molar-refractivity contribution is 6.31. The molecular formula is C26H29ClN2. The van der Waals surface area contributed by atoms with Gasteiger partial charge >= 0.3 is 0 Å². The van der Waals surface area contributed by atoms with Gasteiger partial charge in [0.1, 0.15) is 0 Å². The van der Waals surface area contributed by atoms with Gasteiger partial charge in [-0.3, -0.25) is 4.90 Å². The predicted octanol–water partition coefficient (Wildman–Crippen LogP) is 6.01. The molecule has 0 atom stereocenters. The second kappa shape index (κ2) is 10.1. The number of likely N-dealkylation sites (tertiary alicyclic amines) is 1. The quantitative estimate of drug-likeness (QED) is 0.518. The van der Waals surface area contributed by atoms with Gasteiger partial charge < -0.3 is 5.32 Å². The normalized spacial score (nSPS) is 15.5. The van der Waals surface area contributed by atoms with E-state index in [-0.39, 0.29) is 0 Å². The first-order valence-electron chi connectivity index (χ1n) is 10.6. The van der Waals surface area contributed by atoms with Crippen LogP contribution in [0.3, 0.4) is 0 Å². The Morgan fingerprint density at radius 1 is 0.828 bits per heavy atom. The van der Waals surface area contributed by atoms with Crippen molar-refractivity contribution in [2.45, 2.75) is 25.9 Å². The number of hydrogen-bond donors (Lipinski definition) is 1. The van der Waals surface area contributed by atoms with Gasteiger partial charge in [-0.2, -0.15) is 0 Å². The van der Waals surface area contributed by atoms with Crippen molar-refractivity contribution in [2.75, 3.05) is 19.6 Å². The van der Waals surface area contributed by atoms with Crippen LogP contribution >= 0.6 is 11.6 Å². The number of halogens is 1. The zero-order valence-corrected chi connectivity index (χ0v) is 17.6. The van der Waals surface area contributed by atoms with Crippen LogP contribution in [0.5, 0.6) is 0 Å². The molecular weight excluding hydrogens is 376 g/mol. The van der Waals surface area contributed by atoms with Crippen LogP contribution in [0, 0.1) is 5.92 Å². The van der Waals surface area contributed by atoms with Crippen LogP contribution < -0.4 is 5.32 Å². The minimum Gasteiger partial charge on any atom is -0.312 e. The summed E-state index contributed by atoms with van der Waals surface area (Å²) in [5.74, 6) is 0.759. The van der Waals surface area contributed by atoms with Crippen molar-refractivity contribution in [1.29, 1.82) is 0 Å². The van der Waals surface area contributed by atoms with Gasteiger partial charge in [-0.1, -0.05) is 78.3 Å². The van der Waals surface area contributed by atoms with Gasteiger partial charge in [-0.25, -0.2) is 0 Å². The van der Waals surface area contributed by atoms with Crippen LogP contribution in [0.1, 0.15) is 24.0 Å². The Morgan fingerprint density at radius 3 is 2.34 bits per heavy atom. The molecule has 0 aromatic heterocycles. The molecule has 3 aromatic rings. The van der Waals surface area contributed by atoms with Crippen LogP contribution in [0.2, 0.25) is 5.02 Å². The lowest BCUT2D eigenvalue weighted by atomic mass is 9.96. The smallest absolute Gasteiger partial charge is 0.0451 e. The monoisotopic (exact) mass is 404 g/mol. The fourth-order valence-corrected chi connectivity index (χ4v) is 4.32. The van der Waals surface area contributed by atoms with E-state index in [2.05, 4.69) is 76.9 Å². The van der Waals surface area contributed by atoms with E-state index in [0.29, 0.717) is 0 Å². The Hall–Kier alpha value is -2.13. The van der Waals surface area contributed by atoms with Crippen LogP contribution in [-0.2, 0) is 13.1 Å². The summed E-state index contributed by atoms with van der Waals surface area (Å²) in [4.78, 5) is 2.53. The Morgan fingerprint density at radius 2 is 1.55 bits per heavy atom. The number of nitrogens with zero attached hydrogens (tertiary/aromatic N) is 1. The zero-order valence-electron chi connectivity index (χ0n) is 16.9. The zero-order chi connectivity index (χ0) is 19.9. The highest BCUT2D eigenvalue weighted by Crippen LogP contribution is 2.23. The van der Waals surface area contributed by atoms with Crippen molar-refractivity contribution < 1.29 is 0 Å². The van der Waals surface area contributed by atoms with Crippen molar-refractivity contribution >= 4 is 11.6 Å². The minimum absolute atomic E-state index is 0.759. The number of rotatable bonds is 7.